The van der Waals surface area contributed by atoms with Crippen LogP contribution in [0.5, 0.6) is 5.75 Å². The minimum Gasteiger partial charge on any atom is -0.490 e. The van der Waals surface area contributed by atoms with Crippen LogP contribution in [-0.2, 0) is 26.9 Å². The molecule has 3 aliphatic rings. The van der Waals surface area contributed by atoms with Crippen LogP contribution in [0.25, 0.3) is 10.8 Å². The summed E-state index contributed by atoms with van der Waals surface area (Å²) in [5.74, 6) is -4.70. The highest BCUT2D eigenvalue weighted by atomic mass is 32.2. The Morgan fingerprint density at radius 2 is 1.42 bits per heavy atom. The van der Waals surface area contributed by atoms with E-state index in [9.17, 15) is 26.4 Å². The van der Waals surface area contributed by atoms with E-state index in [-0.39, 0.29) is 17.0 Å². The number of halogens is 5. The van der Waals surface area contributed by atoms with Crippen LogP contribution in [0.1, 0.15) is 62.5 Å². The van der Waals surface area contributed by atoms with Crippen molar-refractivity contribution in [2.24, 2.45) is 5.73 Å². The predicted octanol–water partition coefficient (Wildman–Crippen LogP) is 6.10. The van der Waals surface area contributed by atoms with Crippen molar-refractivity contribution in [3.63, 3.8) is 0 Å². The molecule has 2 bridgehead atoms. The number of rotatable bonds is 8. The van der Waals surface area contributed by atoms with Gasteiger partial charge in [0.15, 0.2) is 6.04 Å². The second-order valence-electron chi connectivity index (χ2n) is 12.3. The molecular formula is C32H34F5N3O4S. The first kappa shape index (κ1) is 31.7. The van der Waals surface area contributed by atoms with Crippen molar-refractivity contribution in [1.29, 1.82) is 0 Å². The lowest BCUT2D eigenvalue weighted by Crippen LogP contribution is -2.60. The van der Waals surface area contributed by atoms with Gasteiger partial charge in [0, 0.05) is 23.7 Å². The monoisotopic (exact) mass is 651 g/mol. The topological polar surface area (TPSA) is 102 Å². The molecule has 2 heterocycles. The van der Waals surface area contributed by atoms with Crippen LogP contribution >= 0.6 is 0 Å². The molecule has 3 aromatic carbocycles. The molecule has 45 heavy (non-hydrogen) atoms. The van der Waals surface area contributed by atoms with E-state index in [1.54, 1.807) is 18.2 Å². The molecule has 0 radical (unpaired) electrons. The number of fused-ring (bicyclic) bond motifs is 3. The summed E-state index contributed by atoms with van der Waals surface area (Å²) < 4.78 is 107. The number of carbonyl (C=O) groups excluding carboxylic acids is 1. The first-order chi connectivity index (χ1) is 21.2. The largest absolute Gasteiger partial charge is 0.490 e. The zero-order chi connectivity index (χ0) is 32.1. The first-order valence-corrected chi connectivity index (χ1v) is 16.6. The molecule has 2 unspecified atom stereocenters. The summed E-state index contributed by atoms with van der Waals surface area (Å²) in [7, 11) is -4.72. The highest BCUT2D eigenvalue weighted by Gasteiger charge is 2.53. The Hall–Kier alpha value is -3.29. The molecule has 3 N–H and O–H groups in total. The third kappa shape index (κ3) is 6.39. The summed E-state index contributed by atoms with van der Waals surface area (Å²) in [5, 5.41) is 1.19. The molecule has 6 rings (SSSR count). The molecule has 1 saturated carbocycles. The second kappa shape index (κ2) is 11.8. The number of amides is 1. The van der Waals surface area contributed by atoms with E-state index in [2.05, 4.69) is 0 Å². The van der Waals surface area contributed by atoms with Crippen LogP contribution in [0.2, 0.25) is 0 Å². The van der Waals surface area contributed by atoms with Crippen molar-refractivity contribution in [1.82, 2.24) is 9.62 Å². The summed E-state index contributed by atoms with van der Waals surface area (Å²) in [6.07, 6.45) is 1.30. The van der Waals surface area contributed by atoms with Gasteiger partial charge in [0.1, 0.15) is 5.75 Å². The number of ether oxygens (including phenoxy) is 1. The van der Waals surface area contributed by atoms with Gasteiger partial charge in [-0.15, -0.1) is 0 Å². The average Bonchev–Trinajstić information content (AvgIpc) is 3.60. The van der Waals surface area contributed by atoms with Gasteiger partial charge in [0.2, 0.25) is 15.9 Å². The number of carbonyl (C=O) groups is 1. The summed E-state index contributed by atoms with van der Waals surface area (Å²) in [4.78, 5) is 14.8. The predicted molar refractivity (Wildman–Crippen MR) is 157 cm³/mol. The molecular weight excluding hydrogens is 617 g/mol. The summed E-state index contributed by atoms with van der Waals surface area (Å²) in [6, 6.07) is 7.65. The SMILES string of the molecule is NC1CC2CCC(C1)N2C(=O)[C@H](NS(=O)(=O)c1ccc2cc(OC3CCCC3)ccc2c1)C(F)(F)c1ccc(C(F)(F)F)cc1. The maximum Gasteiger partial charge on any atom is 0.416 e. The number of hydrogen-bond acceptors (Lipinski definition) is 5. The number of alkyl halides is 5. The summed E-state index contributed by atoms with van der Waals surface area (Å²) in [5.41, 5.74) is 4.02. The van der Waals surface area contributed by atoms with Gasteiger partial charge in [-0.05, 0) is 98.5 Å². The molecule has 2 aliphatic heterocycles. The van der Waals surface area contributed by atoms with Crippen LogP contribution in [0.3, 0.4) is 0 Å². The zero-order valence-electron chi connectivity index (χ0n) is 24.3. The van der Waals surface area contributed by atoms with Gasteiger partial charge in [-0.25, -0.2) is 8.42 Å². The molecule has 242 valence electrons. The van der Waals surface area contributed by atoms with E-state index in [4.69, 9.17) is 10.5 Å². The molecule has 1 aliphatic carbocycles. The summed E-state index contributed by atoms with van der Waals surface area (Å²) >= 11 is 0. The van der Waals surface area contributed by atoms with E-state index < -0.39 is 57.3 Å². The molecule has 13 heteroatoms. The Labute approximate surface area is 258 Å². The first-order valence-electron chi connectivity index (χ1n) is 15.1. The molecule has 1 amide bonds. The maximum atomic E-state index is 16.2. The highest BCUT2D eigenvalue weighted by molar-refractivity contribution is 7.89. The fraction of sp³-hybridized carbons (Fsp3) is 0.469. The molecule has 0 spiro atoms. The number of nitrogens with zero attached hydrogens (tertiary/aromatic N) is 1. The number of benzene rings is 3. The number of hydrogen-bond donors (Lipinski definition) is 2. The van der Waals surface area contributed by atoms with Crippen LogP contribution in [0, 0.1) is 0 Å². The van der Waals surface area contributed by atoms with Crippen LogP contribution < -0.4 is 15.2 Å². The van der Waals surface area contributed by atoms with Crippen molar-refractivity contribution in [2.75, 3.05) is 0 Å². The van der Waals surface area contributed by atoms with Gasteiger partial charge < -0.3 is 15.4 Å². The van der Waals surface area contributed by atoms with Gasteiger partial charge in [-0.2, -0.15) is 26.7 Å². The van der Waals surface area contributed by atoms with Gasteiger partial charge >= 0.3 is 6.18 Å². The molecule has 2 saturated heterocycles. The van der Waals surface area contributed by atoms with Crippen LogP contribution in [0.4, 0.5) is 22.0 Å². The zero-order valence-corrected chi connectivity index (χ0v) is 25.1. The van der Waals surface area contributed by atoms with Gasteiger partial charge in [0.25, 0.3) is 5.92 Å². The van der Waals surface area contributed by atoms with E-state index in [0.717, 1.165) is 25.7 Å². The van der Waals surface area contributed by atoms with E-state index >= 15 is 8.78 Å². The number of piperidine rings is 1. The average molecular weight is 652 g/mol. The fourth-order valence-electron chi connectivity index (χ4n) is 6.92. The molecule has 3 atom stereocenters. The lowest BCUT2D eigenvalue weighted by Gasteiger charge is -2.41. The van der Waals surface area contributed by atoms with E-state index in [1.165, 1.54) is 23.1 Å². The van der Waals surface area contributed by atoms with E-state index in [1.807, 2.05) is 4.72 Å². The molecule has 7 nitrogen and oxygen atoms in total. The minimum atomic E-state index is -4.77. The Morgan fingerprint density at radius 1 is 0.844 bits per heavy atom. The van der Waals surface area contributed by atoms with Gasteiger partial charge in [-0.1, -0.05) is 24.3 Å². The Balaban J connectivity index is 1.32. The van der Waals surface area contributed by atoms with Crippen LogP contribution in [0.15, 0.2) is 65.6 Å². The highest BCUT2D eigenvalue weighted by Crippen LogP contribution is 2.41. The third-order valence-corrected chi connectivity index (χ3v) is 10.6. The smallest absolute Gasteiger partial charge is 0.416 e. The summed E-state index contributed by atoms with van der Waals surface area (Å²) in [6.45, 7) is 0. The third-order valence-electron chi connectivity index (χ3n) is 9.20. The van der Waals surface area contributed by atoms with Crippen molar-refractivity contribution >= 4 is 26.7 Å². The Bertz CT molecular complexity index is 1660. The Morgan fingerprint density at radius 3 is 2.04 bits per heavy atom. The Kier molecular flexibility index (Phi) is 8.32. The van der Waals surface area contributed by atoms with Crippen molar-refractivity contribution in [2.45, 2.75) is 98.6 Å². The molecule has 0 aromatic heterocycles. The van der Waals surface area contributed by atoms with Gasteiger partial charge in [0.05, 0.1) is 16.6 Å². The number of nitrogens with one attached hydrogen (secondary N) is 1. The standard InChI is InChI=1S/C32H34F5N3O4S/c33-31(34,21-7-9-22(10-8-21)32(35,36)37)29(30(41)40-24-11-12-25(40)18-23(38)17-24)39-45(42,43)28-14-6-19-15-27(13-5-20(19)16-28)44-26-3-1-2-4-26/h5-10,13-16,23-26,29,39H,1-4,11-12,17-18,38H2/t23?,24?,25?,29-/m0/s1. The number of sulfonamides is 1. The van der Waals surface area contributed by atoms with Gasteiger partial charge in [-0.3, -0.25) is 4.79 Å². The lowest BCUT2D eigenvalue weighted by molar-refractivity contribution is -0.149. The van der Waals surface area contributed by atoms with Crippen LogP contribution in [-0.4, -0.2) is 49.5 Å². The minimum absolute atomic E-state index is 0.123. The maximum absolute atomic E-state index is 16.2. The molecule has 3 fully saturated rings. The van der Waals surface area contributed by atoms with Crippen molar-refractivity contribution < 1.29 is 39.9 Å². The van der Waals surface area contributed by atoms with Crippen molar-refractivity contribution in [3.8, 4) is 5.75 Å². The normalized spacial score (nSPS) is 23.4. The number of nitrogens with two attached hydrogens (primary N) is 1. The van der Waals surface area contributed by atoms with Crippen molar-refractivity contribution in [3.05, 3.63) is 71.8 Å². The second-order valence-corrected chi connectivity index (χ2v) is 14.0. The van der Waals surface area contributed by atoms with E-state index in [0.29, 0.717) is 66.5 Å². The lowest BCUT2D eigenvalue weighted by atomic mass is 9.94. The fourth-order valence-corrected chi connectivity index (χ4v) is 8.14. The quantitative estimate of drug-likeness (QED) is 0.287. The molecule has 3 aromatic rings.